The molecular weight excluding hydrogens is 342 g/mol. The first-order valence-electron chi connectivity index (χ1n) is 10.2. The summed E-state index contributed by atoms with van der Waals surface area (Å²) in [5.74, 6) is 3.55. The van der Waals surface area contributed by atoms with Crippen molar-refractivity contribution in [3.05, 3.63) is 23.8 Å². The number of carbonyl (C=O) groups excluding carboxylic acids is 2. The van der Waals surface area contributed by atoms with Crippen LogP contribution in [0.15, 0.2) is 18.2 Å². The third-order valence-electron chi connectivity index (χ3n) is 6.59. The predicted molar refractivity (Wildman–Crippen MR) is 102 cm³/mol. The molecule has 4 fully saturated rings. The van der Waals surface area contributed by atoms with Crippen LogP contribution in [0.2, 0.25) is 0 Å². The summed E-state index contributed by atoms with van der Waals surface area (Å²) in [5.41, 5.74) is 0.851. The van der Waals surface area contributed by atoms with E-state index in [4.69, 9.17) is 9.47 Å². The maximum absolute atomic E-state index is 12.4. The lowest BCUT2D eigenvalue weighted by Gasteiger charge is -2.56. The molecule has 1 aromatic carbocycles. The Bertz CT molecular complexity index is 679. The quantitative estimate of drug-likeness (QED) is 0.709. The van der Waals surface area contributed by atoms with Gasteiger partial charge in [-0.25, -0.2) is 0 Å². The van der Waals surface area contributed by atoms with E-state index in [2.05, 4.69) is 5.32 Å². The van der Waals surface area contributed by atoms with Crippen LogP contribution in [-0.4, -0.2) is 32.0 Å². The zero-order valence-electron chi connectivity index (χ0n) is 16.0. The van der Waals surface area contributed by atoms with Crippen LogP contribution in [0.4, 0.5) is 0 Å². The molecule has 5 rings (SSSR count). The van der Waals surface area contributed by atoms with Gasteiger partial charge in [-0.3, -0.25) is 9.59 Å². The lowest BCUT2D eigenvalue weighted by atomic mass is 9.49. The van der Waals surface area contributed by atoms with Crippen molar-refractivity contribution in [2.75, 3.05) is 19.8 Å². The molecule has 1 amide bonds. The molecule has 4 saturated carbocycles. The van der Waals surface area contributed by atoms with Gasteiger partial charge in [-0.15, -0.1) is 0 Å². The first-order valence-corrected chi connectivity index (χ1v) is 10.2. The molecule has 0 spiro atoms. The van der Waals surface area contributed by atoms with Crippen LogP contribution in [0.5, 0.6) is 11.5 Å². The van der Waals surface area contributed by atoms with Crippen LogP contribution < -0.4 is 14.8 Å². The average Bonchev–Trinajstić information content (AvgIpc) is 2.64. The zero-order chi connectivity index (χ0) is 18.9. The molecule has 1 N–H and O–H groups in total. The molecule has 4 aliphatic carbocycles. The Kier molecular flexibility index (Phi) is 5.11. The second-order valence-electron chi connectivity index (χ2n) is 8.74. The number of hydrogen-bond acceptors (Lipinski definition) is 4. The van der Waals surface area contributed by atoms with Crippen LogP contribution in [0.25, 0.3) is 0 Å². The maximum atomic E-state index is 12.4. The molecule has 0 saturated heterocycles. The monoisotopic (exact) mass is 371 g/mol. The van der Waals surface area contributed by atoms with Crippen molar-refractivity contribution in [2.24, 2.45) is 23.2 Å². The Labute approximate surface area is 160 Å². The van der Waals surface area contributed by atoms with Crippen molar-refractivity contribution >= 4 is 12.2 Å². The lowest BCUT2D eigenvalue weighted by molar-refractivity contribution is -0.125. The van der Waals surface area contributed by atoms with Crippen LogP contribution in [0, 0.1) is 23.2 Å². The highest BCUT2D eigenvalue weighted by Gasteiger charge is 2.50. The van der Waals surface area contributed by atoms with Gasteiger partial charge in [-0.05, 0) is 86.8 Å². The highest BCUT2D eigenvalue weighted by molar-refractivity contribution is 5.78. The van der Waals surface area contributed by atoms with E-state index in [9.17, 15) is 9.59 Å². The van der Waals surface area contributed by atoms with Crippen molar-refractivity contribution in [2.45, 2.75) is 45.4 Å². The summed E-state index contributed by atoms with van der Waals surface area (Å²) in [5, 5.41) is 3.12. The molecular formula is C22H29NO4. The van der Waals surface area contributed by atoms with Gasteiger partial charge in [0.2, 0.25) is 0 Å². The molecule has 5 nitrogen and oxygen atoms in total. The van der Waals surface area contributed by atoms with Gasteiger partial charge in [0.05, 0.1) is 6.61 Å². The summed E-state index contributed by atoms with van der Waals surface area (Å²) in [6.45, 7) is 3.08. The van der Waals surface area contributed by atoms with Gasteiger partial charge in [-0.2, -0.15) is 0 Å². The van der Waals surface area contributed by atoms with E-state index >= 15 is 0 Å². The van der Waals surface area contributed by atoms with Gasteiger partial charge in [0, 0.05) is 12.1 Å². The lowest BCUT2D eigenvalue weighted by Crippen LogP contribution is -2.51. The Balaban J connectivity index is 1.31. The van der Waals surface area contributed by atoms with E-state index in [0.29, 0.717) is 29.1 Å². The molecule has 0 aromatic heterocycles. The fraction of sp³-hybridized carbons (Fsp3) is 0.636. The number of benzene rings is 1. The third-order valence-corrected chi connectivity index (χ3v) is 6.59. The zero-order valence-corrected chi connectivity index (χ0v) is 16.0. The number of hydrogen-bond donors (Lipinski definition) is 1. The van der Waals surface area contributed by atoms with E-state index in [-0.39, 0.29) is 12.5 Å². The summed E-state index contributed by atoms with van der Waals surface area (Å²) >= 11 is 0. The number of amides is 1. The Morgan fingerprint density at radius 2 is 1.78 bits per heavy atom. The molecule has 1 aromatic rings. The molecule has 0 unspecified atom stereocenters. The Morgan fingerprint density at radius 1 is 1.11 bits per heavy atom. The van der Waals surface area contributed by atoms with Gasteiger partial charge >= 0.3 is 0 Å². The van der Waals surface area contributed by atoms with Gasteiger partial charge < -0.3 is 14.8 Å². The van der Waals surface area contributed by atoms with Gasteiger partial charge in [0.1, 0.15) is 6.29 Å². The summed E-state index contributed by atoms with van der Waals surface area (Å²) < 4.78 is 11.2. The molecule has 4 bridgehead atoms. The fourth-order valence-electron chi connectivity index (χ4n) is 5.97. The molecule has 5 heteroatoms. The van der Waals surface area contributed by atoms with Crippen molar-refractivity contribution in [1.82, 2.24) is 5.32 Å². The molecule has 0 aliphatic heterocycles. The van der Waals surface area contributed by atoms with Crippen molar-refractivity contribution < 1.29 is 19.1 Å². The minimum Gasteiger partial charge on any atom is -0.490 e. The molecule has 0 radical (unpaired) electrons. The van der Waals surface area contributed by atoms with Gasteiger partial charge in [0.25, 0.3) is 5.91 Å². The molecule has 27 heavy (non-hydrogen) atoms. The number of aldehydes is 1. The topological polar surface area (TPSA) is 64.6 Å². The second kappa shape index (κ2) is 7.53. The standard InChI is InChI=1S/C22H29NO4/c1-2-26-20-8-15(12-24)3-4-19(20)27-13-21(25)23-14-22-9-16-5-17(10-22)7-18(6-16)11-22/h3-4,8,12,16-18H,2,5-7,9-11,13-14H2,1H3,(H,23,25). The molecule has 4 aliphatic rings. The minimum atomic E-state index is -0.0901. The average molecular weight is 371 g/mol. The smallest absolute Gasteiger partial charge is 0.257 e. The summed E-state index contributed by atoms with van der Waals surface area (Å²) in [7, 11) is 0. The first kappa shape index (κ1) is 18.3. The largest absolute Gasteiger partial charge is 0.490 e. The predicted octanol–water partition coefficient (Wildman–Crippen LogP) is 3.61. The normalized spacial score (nSPS) is 30.8. The van der Waals surface area contributed by atoms with E-state index in [1.165, 1.54) is 38.5 Å². The van der Waals surface area contributed by atoms with Crippen LogP contribution in [0.3, 0.4) is 0 Å². The molecule has 0 atom stereocenters. The van der Waals surface area contributed by atoms with E-state index < -0.39 is 0 Å². The number of ether oxygens (including phenoxy) is 2. The van der Waals surface area contributed by atoms with E-state index in [1.54, 1.807) is 18.2 Å². The van der Waals surface area contributed by atoms with Crippen LogP contribution >= 0.6 is 0 Å². The summed E-state index contributed by atoms with van der Waals surface area (Å²) in [4.78, 5) is 23.3. The Morgan fingerprint density at radius 3 is 2.37 bits per heavy atom. The minimum absolute atomic E-state index is 0.0348. The number of carbonyl (C=O) groups is 2. The maximum Gasteiger partial charge on any atom is 0.257 e. The van der Waals surface area contributed by atoms with Crippen molar-refractivity contribution in [3.63, 3.8) is 0 Å². The van der Waals surface area contributed by atoms with E-state index in [1.807, 2.05) is 6.92 Å². The second-order valence-corrected chi connectivity index (χ2v) is 8.74. The summed E-state index contributed by atoms with van der Waals surface area (Å²) in [6, 6.07) is 4.98. The Hall–Kier alpha value is -2.04. The van der Waals surface area contributed by atoms with Crippen molar-refractivity contribution in [1.29, 1.82) is 0 Å². The highest BCUT2D eigenvalue weighted by atomic mass is 16.5. The van der Waals surface area contributed by atoms with Crippen LogP contribution in [-0.2, 0) is 4.79 Å². The van der Waals surface area contributed by atoms with Gasteiger partial charge in [-0.1, -0.05) is 0 Å². The number of rotatable bonds is 8. The number of nitrogens with one attached hydrogen (secondary N) is 1. The fourth-order valence-corrected chi connectivity index (χ4v) is 5.97. The first-order chi connectivity index (χ1) is 13.1. The van der Waals surface area contributed by atoms with Crippen molar-refractivity contribution in [3.8, 4) is 11.5 Å². The SMILES string of the molecule is CCOc1cc(C=O)ccc1OCC(=O)NCC12CC3CC(CC(C3)C1)C2. The third kappa shape index (κ3) is 3.97. The highest BCUT2D eigenvalue weighted by Crippen LogP contribution is 2.59. The molecule has 0 heterocycles. The van der Waals surface area contributed by atoms with Gasteiger partial charge in [0.15, 0.2) is 18.1 Å². The summed E-state index contributed by atoms with van der Waals surface area (Å²) in [6.07, 6.45) is 8.84. The van der Waals surface area contributed by atoms with Crippen LogP contribution in [0.1, 0.15) is 55.8 Å². The molecule has 146 valence electrons. The van der Waals surface area contributed by atoms with E-state index in [0.717, 1.165) is 30.6 Å².